The molecule has 1 aliphatic rings. The number of hydrogen-bond donors (Lipinski definition) is 0. The zero-order chi connectivity index (χ0) is 11.6. The van der Waals surface area contributed by atoms with Crippen LogP contribution in [0.1, 0.15) is 19.3 Å². The van der Waals surface area contributed by atoms with Crippen LogP contribution in [0.15, 0.2) is 29.2 Å². The summed E-state index contributed by atoms with van der Waals surface area (Å²) in [6, 6.07) is 9.38. The van der Waals surface area contributed by atoms with Gasteiger partial charge in [0, 0.05) is 12.2 Å². The van der Waals surface area contributed by atoms with Gasteiger partial charge in [-0.3, -0.25) is 4.21 Å². The van der Waals surface area contributed by atoms with Crippen molar-refractivity contribution in [1.29, 1.82) is 5.26 Å². The minimum absolute atomic E-state index is 0.00121. The fraction of sp³-hybridized carbons (Fsp3) is 0.417. The second kappa shape index (κ2) is 4.57. The highest BCUT2D eigenvalue weighted by Crippen LogP contribution is 2.49. The van der Waals surface area contributed by atoms with E-state index in [4.69, 9.17) is 16.9 Å². The fourth-order valence-electron chi connectivity index (χ4n) is 1.70. The topological polar surface area (TPSA) is 40.9 Å². The molecule has 2 rings (SSSR count). The molecule has 0 saturated heterocycles. The Labute approximate surface area is 103 Å². The number of halogens is 1. The molecule has 0 heterocycles. The number of rotatable bonds is 4. The van der Waals surface area contributed by atoms with E-state index in [-0.39, 0.29) is 5.41 Å². The van der Waals surface area contributed by atoms with Crippen LogP contribution in [0.4, 0.5) is 0 Å². The molecule has 4 heteroatoms. The molecule has 2 nitrogen and oxygen atoms in total. The lowest BCUT2D eigenvalue weighted by Gasteiger charge is -2.11. The zero-order valence-electron chi connectivity index (χ0n) is 8.78. The van der Waals surface area contributed by atoms with E-state index in [2.05, 4.69) is 6.07 Å². The average molecular weight is 254 g/mol. The molecule has 1 saturated carbocycles. The van der Waals surface area contributed by atoms with E-state index in [0.29, 0.717) is 22.1 Å². The van der Waals surface area contributed by atoms with Gasteiger partial charge in [0.05, 0.1) is 26.8 Å². The fourth-order valence-corrected chi connectivity index (χ4v) is 3.71. The molecule has 0 spiro atoms. The molecule has 0 radical (unpaired) electrons. The molecule has 0 bridgehead atoms. The van der Waals surface area contributed by atoms with Crippen molar-refractivity contribution in [2.24, 2.45) is 5.41 Å². The first-order chi connectivity index (χ1) is 7.67. The predicted molar refractivity (Wildman–Crippen MR) is 64.6 cm³/mol. The summed E-state index contributed by atoms with van der Waals surface area (Å²) in [6.07, 6.45) is 2.52. The van der Waals surface area contributed by atoms with E-state index in [1.165, 1.54) is 0 Å². The maximum Gasteiger partial charge on any atom is 0.0627 e. The number of nitriles is 1. The molecule has 1 fully saturated rings. The van der Waals surface area contributed by atoms with Gasteiger partial charge in [0.15, 0.2) is 0 Å². The molecular weight excluding hydrogens is 242 g/mol. The quantitative estimate of drug-likeness (QED) is 0.827. The summed E-state index contributed by atoms with van der Waals surface area (Å²) in [5.41, 5.74) is -0.00121. The van der Waals surface area contributed by atoms with Crippen LogP contribution >= 0.6 is 11.6 Å². The maximum atomic E-state index is 12.1. The van der Waals surface area contributed by atoms with Gasteiger partial charge in [-0.15, -0.1) is 0 Å². The van der Waals surface area contributed by atoms with Crippen molar-refractivity contribution in [2.75, 3.05) is 5.75 Å². The summed E-state index contributed by atoms with van der Waals surface area (Å²) < 4.78 is 12.1. The minimum atomic E-state index is -1.09. The monoisotopic (exact) mass is 253 g/mol. The van der Waals surface area contributed by atoms with Gasteiger partial charge in [-0.05, 0) is 30.4 Å². The van der Waals surface area contributed by atoms with Crippen LogP contribution < -0.4 is 0 Å². The van der Waals surface area contributed by atoms with Crippen LogP contribution in [-0.2, 0) is 10.8 Å². The van der Waals surface area contributed by atoms with Gasteiger partial charge in [-0.1, -0.05) is 23.7 Å². The van der Waals surface area contributed by atoms with Crippen molar-refractivity contribution in [3.8, 4) is 6.07 Å². The van der Waals surface area contributed by atoms with Crippen LogP contribution in [-0.4, -0.2) is 9.96 Å². The predicted octanol–water partition coefficient (Wildman–Crippen LogP) is 3.14. The number of hydrogen-bond acceptors (Lipinski definition) is 2. The van der Waals surface area contributed by atoms with Crippen LogP contribution in [0.2, 0.25) is 5.02 Å². The summed E-state index contributed by atoms with van der Waals surface area (Å²) in [4.78, 5) is 0.688. The Morgan fingerprint density at radius 1 is 1.44 bits per heavy atom. The highest BCUT2D eigenvalue weighted by atomic mass is 35.5. The second-order valence-corrected chi connectivity index (χ2v) is 6.08. The molecule has 1 aromatic carbocycles. The second-order valence-electron chi connectivity index (χ2n) is 4.26. The van der Waals surface area contributed by atoms with Gasteiger partial charge in [0.1, 0.15) is 0 Å². The molecular formula is C12H12ClNOS. The van der Waals surface area contributed by atoms with E-state index in [1.54, 1.807) is 12.1 Å². The standard InChI is InChI=1S/C12H12ClNOS/c13-10-3-1-2-4-11(10)16(15)9-12(5-6-12)7-8-14/h1-4H,5-7,9H2. The van der Waals surface area contributed by atoms with Crippen LogP contribution in [0.3, 0.4) is 0 Å². The Morgan fingerprint density at radius 3 is 2.69 bits per heavy atom. The van der Waals surface area contributed by atoms with Crippen molar-refractivity contribution in [2.45, 2.75) is 24.2 Å². The summed E-state index contributed by atoms with van der Waals surface area (Å²) >= 11 is 5.99. The maximum absolute atomic E-state index is 12.1. The molecule has 1 aromatic rings. The van der Waals surface area contributed by atoms with E-state index in [1.807, 2.05) is 12.1 Å². The normalized spacial score (nSPS) is 18.8. The van der Waals surface area contributed by atoms with Crippen molar-refractivity contribution in [1.82, 2.24) is 0 Å². The lowest BCUT2D eigenvalue weighted by Crippen LogP contribution is -2.12. The highest BCUT2D eigenvalue weighted by molar-refractivity contribution is 7.85. The van der Waals surface area contributed by atoms with Gasteiger partial charge in [0.2, 0.25) is 0 Å². The summed E-state index contributed by atoms with van der Waals surface area (Å²) in [6.45, 7) is 0. The van der Waals surface area contributed by atoms with Gasteiger partial charge < -0.3 is 0 Å². The summed E-state index contributed by atoms with van der Waals surface area (Å²) in [7, 11) is -1.09. The molecule has 1 unspecified atom stereocenters. The smallest absolute Gasteiger partial charge is 0.0627 e. The molecule has 16 heavy (non-hydrogen) atoms. The third-order valence-electron chi connectivity index (χ3n) is 2.93. The first-order valence-electron chi connectivity index (χ1n) is 5.17. The Kier molecular flexibility index (Phi) is 3.32. The van der Waals surface area contributed by atoms with Gasteiger partial charge in [0.25, 0.3) is 0 Å². The Morgan fingerprint density at radius 2 is 2.12 bits per heavy atom. The van der Waals surface area contributed by atoms with E-state index >= 15 is 0 Å². The van der Waals surface area contributed by atoms with Crippen molar-refractivity contribution in [3.05, 3.63) is 29.3 Å². The third kappa shape index (κ3) is 2.45. The van der Waals surface area contributed by atoms with Gasteiger partial charge in [-0.2, -0.15) is 5.26 Å². The van der Waals surface area contributed by atoms with Crippen LogP contribution in [0, 0.1) is 16.7 Å². The van der Waals surface area contributed by atoms with E-state index in [9.17, 15) is 4.21 Å². The third-order valence-corrected chi connectivity index (χ3v) is 5.09. The molecule has 0 amide bonds. The largest absolute Gasteiger partial charge is 0.254 e. The van der Waals surface area contributed by atoms with Crippen LogP contribution in [0.5, 0.6) is 0 Å². The number of benzene rings is 1. The van der Waals surface area contributed by atoms with E-state index < -0.39 is 10.8 Å². The SMILES string of the molecule is N#CCC1(CS(=O)c2ccccc2Cl)CC1. The Bertz CT molecular complexity index is 462. The zero-order valence-corrected chi connectivity index (χ0v) is 10.4. The molecule has 1 atom stereocenters. The van der Waals surface area contributed by atoms with Crippen LogP contribution in [0.25, 0.3) is 0 Å². The van der Waals surface area contributed by atoms with Crippen molar-refractivity contribution >= 4 is 22.4 Å². The number of nitrogens with zero attached hydrogens (tertiary/aromatic N) is 1. The Hall–Kier alpha value is -0.850. The van der Waals surface area contributed by atoms with Gasteiger partial charge >= 0.3 is 0 Å². The minimum Gasteiger partial charge on any atom is -0.254 e. The van der Waals surface area contributed by atoms with Crippen molar-refractivity contribution in [3.63, 3.8) is 0 Å². The van der Waals surface area contributed by atoms with Gasteiger partial charge in [-0.25, -0.2) is 0 Å². The lowest BCUT2D eigenvalue weighted by molar-refractivity contribution is 0.587. The average Bonchev–Trinajstić information content (AvgIpc) is 2.99. The molecule has 0 aromatic heterocycles. The van der Waals surface area contributed by atoms with E-state index in [0.717, 1.165) is 12.8 Å². The molecule has 0 aliphatic heterocycles. The highest BCUT2D eigenvalue weighted by Gasteiger charge is 2.44. The molecule has 0 N–H and O–H groups in total. The molecule has 1 aliphatic carbocycles. The van der Waals surface area contributed by atoms with Crippen molar-refractivity contribution < 1.29 is 4.21 Å². The molecule has 84 valence electrons. The Balaban J connectivity index is 2.10. The first kappa shape index (κ1) is 11.6. The summed E-state index contributed by atoms with van der Waals surface area (Å²) in [5.74, 6) is 0.560. The summed E-state index contributed by atoms with van der Waals surface area (Å²) in [5, 5.41) is 9.25. The lowest BCUT2D eigenvalue weighted by atomic mass is 10.1. The first-order valence-corrected chi connectivity index (χ1v) is 6.86.